The van der Waals surface area contributed by atoms with E-state index >= 15 is 0 Å². The molecule has 0 aliphatic heterocycles. The molecule has 5 nitrogen and oxygen atoms in total. The molecule has 1 aromatic rings. The topological polar surface area (TPSA) is 71.8 Å². The molecular formula is C6H6F3N3O2. The van der Waals surface area contributed by atoms with Gasteiger partial charge in [0.2, 0.25) is 6.54 Å². The summed E-state index contributed by atoms with van der Waals surface area (Å²) in [6.45, 7) is -0.417. The Hall–Kier alpha value is -1.60. The average molecular weight is 209 g/mol. The molecule has 1 rings (SSSR count). The minimum Gasteiger partial charge on any atom is -0.282 e. The molecule has 1 aromatic heterocycles. The van der Waals surface area contributed by atoms with Crippen LogP contribution in [0.3, 0.4) is 0 Å². The quantitative estimate of drug-likeness (QED) is 0.601. The van der Waals surface area contributed by atoms with E-state index in [4.69, 9.17) is 0 Å². The van der Waals surface area contributed by atoms with Gasteiger partial charge in [0, 0.05) is 10.6 Å². The second kappa shape index (κ2) is 3.64. The van der Waals surface area contributed by atoms with Crippen molar-refractivity contribution in [1.82, 2.24) is 10.2 Å². The number of H-pyrrole nitrogens is 1. The van der Waals surface area contributed by atoms with Crippen LogP contribution in [-0.2, 0) is 12.6 Å². The number of hydrogen-bond donors (Lipinski definition) is 1. The lowest BCUT2D eigenvalue weighted by atomic mass is 10.3. The lowest BCUT2D eigenvalue weighted by Gasteiger charge is -1.98. The van der Waals surface area contributed by atoms with Gasteiger partial charge in [-0.15, -0.1) is 0 Å². The fourth-order valence-corrected chi connectivity index (χ4v) is 0.847. The highest BCUT2D eigenvalue weighted by Gasteiger charge is 2.33. The van der Waals surface area contributed by atoms with E-state index < -0.39 is 23.3 Å². The van der Waals surface area contributed by atoms with E-state index in [0.29, 0.717) is 0 Å². The smallest absolute Gasteiger partial charge is 0.282 e. The van der Waals surface area contributed by atoms with Crippen LogP contribution in [0.25, 0.3) is 0 Å². The Morgan fingerprint density at radius 1 is 1.57 bits per heavy atom. The molecule has 1 N–H and O–H groups in total. The summed E-state index contributed by atoms with van der Waals surface area (Å²) < 4.78 is 36.0. The van der Waals surface area contributed by atoms with E-state index in [1.54, 1.807) is 0 Å². The number of nitro groups is 1. The Labute approximate surface area is 76.1 Å². The number of rotatable bonds is 3. The first-order valence-electron chi connectivity index (χ1n) is 3.63. The Morgan fingerprint density at radius 2 is 2.21 bits per heavy atom. The maximum atomic E-state index is 12.0. The molecule has 14 heavy (non-hydrogen) atoms. The van der Waals surface area contributed by atoms with Crippen LogP contribution in [0.4, 0.5) is 13.2 Å². The van der Waals surface area contributed by atoms with Crippen LogP contribution in [0.5, 0.6) is 0 Å². The second-order valence-corrected chi connectivity index (χ2v) is 2.58. The van der Waals surface area contributed by atoms with Gasteiger partial charge in [-0.3, -0.25) is 15.2 Å². The van der Waals surface area contributed by atoms with Crippen LogP contribution in [-0.4, -0.2) is 21.7 Å². The molecule has 0 amide bonds. The van der Waals surface area contributed by atoms with Gasteiger partial charge in [0.1, 0.15) is 0 Å². The SMILES string of the molecule is O=[N+]([O-])CCc1cc(C(F)(F)F)n[nH]1. The van der Waals surface area contributed by atoms with Gasteiger partial charge in [0.15, 0.2) is 5.69 Å². The second-order valence-electron chi connectivity index (χ2n) is 2.58. The fraction of sp³-hybridized carbons (Fsp3) is 0.500. The van der Waals surface area contributed by atoms with Gasteiger partial charge in [0.25, 0.3) is 0 Å². The van der Waals surface area contributed by atoms with Crippen molar-refractivity contribution in [3.8, 4) is 0 Å². The number of aromatic amines is 1. The maximum Gasteiger partial charge on any atom is 0.435 e. The van der Waals surface area contributed by atoms with E-state index in [1.165, 1.54) is 0 Å². The maximum absolute atomic E-state index is 12.0. The van der Waals surface area contributed by atoms with E-state index in [9.17, 15) is 23.3 Å². The summed E-state index contributed by atoms with van der Waals surface area (Å²) in [6.07, 6.45) is -4.60. The van der Waals surface area contributed by atoms with Crippen molar-refractivity contribution in [2.45, 2.75) is 12.6 Å². The van der Waals surface area contributed by atoms with Gasteiger partial charge in [0.05, 0.1) is 6.42 Å². The molecule has 0 aromatic carbocycles. The van der Waals surface area contributed by atoms with Crippen molar-refractivity contribution in [2.24, 2.45) is 0 Å². The number of alkyl halides is 3. The summed E-state index contributed by atoms with van der Waals surface area (Å²) in [5.74, 6) is 0. The predicted molar refractivity (Wildman–Crippen MR) is 39.2 cm³/mol. The van der Waals surface area contributed by atoms with Gasteiger partial charge >= 0.3 is 6.18 Å². The Balaban J connectivity index is 2.64. The normalized spacial score (nSPS) is 11.6. The standard InChI is InChI=1S/C6H6F3N3O2/c7-6(8,9)5-3-4(10-11-5)1-2-12(13)14/h3H,1-2H2,(H,10,11). The van der Waals surface area contributed by atoms with Crippen molar-refractivity contribution in [3.63, 3.8) is 0 Å². The molecule has 0 aliphatic carbocycles. The molecule has 0 saturated heterocycles. The first-order chi connectivity index (χ1) is 6.39. The first-order valence-corrected chi connectivity index (χ1v) is 3.63. The summed E-state index contributed by atoms with van der Waals surface area (Å²) in [7, 11) is 0. The molecule has 0 unspecified atom stereocenters. The molecule has 0 bridgehead atoms. The minimum absolute atomic E-state index is 0.0872. The van der Waals surface area contributed by atoms with Gasteiger partial charge in [-0.2, -0.15) is 18.3 Å². The Kier molecular flexibility index (Phi) is 2.73. The molecule has 78 valence electrons. The molecule has 0 spiro atoms. The molecule has 0 saturated carbocycles. The number of halogens is 3. The number of aromatic nitrogens is 2. The van der Waals surface area contributed by atoms with E-state index in [1.807, 2.05) is 0 Å². The molecule has 1 heterocycles. The molecule has 0 radical (unpaired) electrons. The highest BCUT2D eigenvalue weighted by molar-refractivity contribution is 5.11. The zero-order chi connectivity index (χ0) is 10.8. The summed E-state index contributed by atoms with van der Waals surface area (Å²) in [5, 5.41) is 15.0. The zero-order valence-corrected chi connectivity index (χ0v) is 6.84. The molecule has 0 fully saturated rings. The Morgan fingerprint density at radius 3 is 2.64 bits per heavy atom. The highest BCUT2D eigenvalue weighted by Crippen LogP contribution is 2.27. The first kappa shape index (κ1) is 10.5. The lowest BCUT2D eigenvalue weighted by Crippen LogP contribution is -2.05. The number of nitrogens with zero attached hydrogens (tertiary/aromatic N) is 2. The van der Waals surface area contributed by atoms with Crippen molar-refractivity contribution in [2.75, 3.05) is 6.54 Å². The predicted octanol–water partition coefficient (Wildman–Crippen LogP) is 1.25. The van der Waals surface area contributed by atoms with Crippen molar-refractivity contribution in [1.29, 1.82) is 0 Å². The highest BCUT2D eigenvalue weighted by atomic mass is 19.4. The molecule has 0 atom stereocenters. The van der Waals surface area contributed by atoms with Crippen molar-refractivity contribution in [3.05, 3.63) is 27.6 Å². The van der Waals surface area contributed by atoms with Gasteiger partial charge in [-0.1, -0.05) is 0 Å². The zero-order valence-electron chi connectivity index (χ0n) is 6.84. The van der Waals surface area contributed by atoms with Gasteiger partial charge in [-0.05, 0) is 6.07 Å². The fourth-order valence-electron chi connectivity index (χ4n) is 0.847. The van der Waals surface area contributed by atoms with Crippen LogP contribution in [0, 0.1) is 10.1 Å². The summed E-state index contributed by atoms with van der Waals surface area (Å²) >= 11 is 0. The molecule has 0 aliphatic rings. The van der Waals surface area contributed by atoms with Crippen LogP contribution in [0.1, 0.15) is 11.4 Å². The largest absolute Gasteiger partial charge is 0.435 e. The minimum atomic E-state index is -4.51. The average Bonchev–Trinajstić information content (AvgIpc) is 2.47. The van der Waals surface area contributed by atoms with Crippen LogP contribution in [0.2, 0.25) is 0 Å². The summed E-state index contributed by atoms with van der Waals surface area (Å²) in [5.41, 5.74) is -0.954. The van der Waals surface area contributed by atoms with Crippen LogP contribution in [0.15, 0.2) is 6.07 Å². The van der Waals surface area contributed by atoms with Crippen molar-refractivity contribution < 1.29 is 18.1 Å². The van der Waals surface area contributed by atoms with Gasteiger partial charge < -0.3 is 0 Å². The van der Waals surface area contributed by atoms with Gasteiger partial charge in [-0.25, -0.2) is 0 Å². The van der Waals surface area contributed by atoms with Crippen molar-refractivity contribution >= 4 is 0 Å². The van der Waals surface area contributed by atoms with Crippen LogP contribution >= 0.6 is 0 Å². The van der Waals surface area contributed by atoms with E-state index in [0.717, 1.165) is 6.07 Å². The summed E-state index contributed by atoms with van der Waals surface area (Å²) in [6, 6.07) is 0.767. The number of nitrogens with one attached hydrogen (secondary N) is 1. The molecular weight excluding hydrogens is 203 g/mol. The van der Waals surface area contributed by atoms with E-state index in [2.05, 4.69) is 10.2 Å². The van der Waals surface area contributed by atoms with E-state index in [-0.39, 0.29) is 12.1 Å². The van der Waals surface area contributed by atoms with Crippen LogP contribution < -0.4 is 0 Å². The third-order valence-corrected chi connectivity index (χ3v) is 1.49. The lowest BCUT2D eigenvalue weighted by molar-refractivity contribution is -0.479. The monoisotopic (exact) mass is 209 g/mol. The third kappa shape index (κ3) is 2.71. The third-order valence-electron chi connectivity index (χ3n) is 1.49. The summed E-state index contributed by atoms with van der Waals surface area (Å²) in [4.78, 5) is 9.32. The molecule has 8 heteroatoms. The Bertz CT molecular complexity index is 333. The number of hydrogen-bond acceptors (Lipinski definition) is 3.